The summed E-state index contributed by atoms with van der Waals surface area (Å²) < 4.78 is 0. The number of nitrogens with one attached hydrogen (secondary N) is 1. The molecule has 0 fully saturated rings. The molecular formula is C15H16ClN3O. The van der Waals surface area contributed by atoms with Gasteiger partial charge in [0.25, 0.3) is 0 Å². The van der Waals surface area contributed by atoms with Gasteiger partial charge in [-0.1, -0.05) is 23.7 Å². The zero-order valence-corrected chi connectivity index (χ0v) is 11.9. The number of carbonyl (C=O) groups is 1. The number of hydrogen-bond acceptors (Lipinski definition) is 3. The molecule has 2 rings (SSSR count). The van der Waals surface area contributed by atoms with E-state index in [4.69, 9.17) is 17.3 Å². The molecule has 4 nitrogen and oxygen atoms in total. The Morgan fingerprint density at radius 1 is 1.45 bits per heavy atom. The van der Waals surface area contributed by atoms with Crippen LogP contribution in [0.2, 0.25) is 5.02 Å². The van der Waals surface area contributed by atoms with Gasteiger partial charge in [0.15, 0.2) is 0 Å². The molecule has 0 saturated carbocycles. The van der Waals surface area contributed by atoms with Gasteiger partial charge >= 0.3 is 0 Å². The van der Waals surface area contributed by atoms with Gasteiger partial charge in [-0.3, -0.25) is 9.78 Å². The topological polar surface area (TPSA) is 68.0 Å². The number of amides is 1. The first kappa shape index (κ1) is 14.5. The Labute approximate surface area is 123 Å². The second-order valence-corrected chi connectivity index (χ2v) is 4.97. The van der Waals surface area contributed by atoms with Crippen LogP contribution in [0, 0.1) is 0 Å². The molecule has 0 saturated heterocycles. The van der Waals surface area contributed by atoms with Crippen LogP contribution in [-0.2, 0) is 6.54 Å². The number of nitrogens with two attached hydrogens (primary N) is 1. The standard InChI is InChI=1S/C15H16ClN3O/c1-10(12-3-2-6-18-8-12)19-9-13-5-4-11(15(17)20)7-14(13)16/h2-8,10,19H,9H2,1H3,(H2,17,20). The molecule has 1 aromatic carbocycles. The second-order valence-electron chi connectivity index (χ2n) is 4.56. The summed E-state index contributed by atoms with van der Waals surface area (Å²) in [5, 5.41) is 3.90. The number of pyridine rings is 1. The Kier molecular flexibility index (Phi) is 4.71. The number of rotatable bonds is 5. The number of benzene rings is 1. The molecule has 0 aliphatic heterocycles. The molecule has 0 radical (unpaired) electrons. The lowest BCUT2D eigenvalue weighted by atomic mass is 10.1. The van der Waals surface area contributed by atoms with Crippen molar-refractivity contribution in [3.63, 3.8) is 0 Å². The third kappa shape index (κ3) is 3.56. The fraction of sp³-hybridized carbons (Fsp3) is 0.200. The van der Waals surface area contributed by atoms with E-state index in [0.717, 1.165) is 11.1 Å². The molecule has 3 N–H and O–H groups in total. The van der Waals surface area contributed by atoms with Crippen LogP contribution in [0.3, 0.4) is 0 Å². The molecule has 0 spiro atoms. The summed E-state index contributed by atoms with van der Waals surface area (Å²) in [7, 11) is 0. The third-order valence-electron chi connectivity index (χ3n) is 3.12. The van der Waals surface area contributed by atoms with Gasteiger partial charge in [0.1, 0.15) is 0 Å². The van der Waals surface area contributed by atoms with Crippen LogP contribution in [-0.4, -0.2) is 10.9 Å². The lowest BCUT2D eigenvalue weighted by molar-refractivity contribution is 0.100. The number of carbonyl (C=O) groups excluding carboxylic acids is 1. The monoisotopic (exact) mass is 289 g/mol. The first-order valence-electron chi connectivity index (χ1n) is 6.29. The minimum atomic E-state index is -0.477. The number of primary amides is 1. The van der Waals surface area contributed by atoms with Gasteiger partial charge in [-0.2, -0.15) is 0 Å². The lowest BCUT2D eigenvalue weighted by Gasteiger charge is -2.14. The highest BCUT2D eigenvalue weighted by Gasteiger charge is 2.08. The van der Waals surface area contributed by atoms with Crippen molar-refractivity contribution in [2.24, 2.45) is 5.73 Å². The molecule has 20 heavy (non-hydrogen) atoms. The van der Waals surface area contributed by atoms with E-state index in [1.165, 1.54) is 0 Å². The van der Waals surface area contributed by atoms with E-state index in [-0.39, 0.29) is 6.04 Å². The Bertz CT molecular complexity index is 601. The SMILES string of the molecule is CC(NCc1ccc(C(N)=O)cc1Cl)c1cccnc1. The maximum absolute atomic E-state index is 11.1. The fourth-order valence-corrected chi connectivity index (χ4v) is 2.10. The minimum Gasteiger partial charge on any atom is -0.366 e. The van der Waals surface area contributed by atoms with Crippen LogP contribution < -0.4 is 11.1 Å². The summed E-state index contributed by atoms with van der Waals surface area (Å²) in [5.41, 5.74) is 7.66. The summed E-state index contributed by atoms with van der Waals surface area (Å²) in [6.07, 6.45) is 3.57. The van der Waals surface area contributed by atoms with Crippen molar-refractivity contribution in [2.45, 2.75) is 19.5 Å². The van der Waals surface area contributed by atoms with Gasteiger partial charge in [0.2, 0.25) is 5.91 Å². The largest absolute Gasteiger partial charge is 0.366 e. The van der Waals surface area contributed by atoms with Crippen LogP contribution in [0.1, 0.15) is 34.5 Å². The Morgan fingerprint density at radius 3 is 2.85 bits per heavy atom. The molecule has 1 atom stereocenters. The van der Waals surface area contributed by atoms with E-state index in [2.05, 4.69) is 17.2 Å². The normalized spacial score (nSPS) is 12.1. The summed E-state index contributed by atoms with van der Waals surface area (Å²) in [6, 6.07) is 9.17. The molecule has 1 aromatic heterocycles. The molecule has 1 unspecified atom stereocenters. The average Bonchev–Trinajstić information content (AvgIpc) is 2.46. The van der Waals surface area contributed by atoms with E-state index in [9.17, 15) is 4.79 Å². The Morgan fingerprint density at radius 2 is 2.25 bits per heavy atom. The molecule has 0 bridgehead atoms. The molecule has 1 amide bonds. The van der Waals surface area contributed by atoms with Crippen molar-refractivity contribution in [1.29, 1.82) is 0 Å². The van der Waals surface area contributed by atoms with Crippen molar-refractivity contribution >= 4 is 17.5 Å². The van der Waals surface area contributed by atoms with Crippen molar-refractivity contribution in [3.8, 4) is 0 Å². The van der Waals surface area contributed by atoms with E-state index < -0.39 is 5.91 Å². The Hall–Kier alpha value is -1.91. The maximum Gasteiger partial charge on any atom is 0.248 e. The van der Waals surface area contributed by atoms with Crippen molar-refractivity contribution in [1.82, 2.24) is 10.3 Å². The van der Waals surface area contributed by atoms with Gasteiger partial charge < -0.3 is 11.1 Å². The smallest absolute Gasteiger partial charge is 0.248 e. The van der Waals surface area contributed by atoms with E-state index in [1.54, 1.807) is 18.3 Å². The number of halogens is 1. The molecule has 104 valence electrons. The predicted octanol–water partition coefficient (Wildman–Crippen LogP) is 2.68. The fourth-order valence-electron chi connectivity index (χ4n) is 1.86. The predicted molar refractivity (Wildman–Crippen MR) is 79.5 cm³/mol. The summed E-state index contributed by atoms with van der Waals surface area (Å²) in [5.74, 6) is -0.477. The third-order valence-corrected chi connectivity index (χ3v) is 3.47. The van der Waals surface area contributed by atoms with Gasteiger partial charge in [-0.15, -0.1) is 0 Å². The number of nitrogens with zero attached hydrogens (tertiary/aromatic N) is 1. The van der Waals surface area contributed by atoms with Gasteiger partial charge in [-0.05, 0) is 36.2 Å². The number of aromatic nitrogens is 1. The second kappa shape index (κ2) is 6.50. The van der Waals surface area contributed by atoms with E-state index >= 15 is 0 Å². The first-order chi connectivity index (χ1) is 9.58. The van der Waals surface area contributed by atoms with Gasteiger partial charge in [0.05, 0.1) is 0 Å². The highest BCUT2D eigenvalue weighted by molar-refractivity contribution is 6.31. The molecule has 0 aliphatic rings. The quantitative estimate of drug-likeness (QED) is 0.889. The molecule has 0 aliphatic carbocycles. The van der Waals surface area contributed by atoms with E-state index in [1.807, 2.05) is 24.4 Å². The first-order valence-corrected chi connectivity index (χ1v) is 6.67. The van der Waals surface area contributed by atoms with Gasteiger partial charge in [-0.25, -0.2) is 0 Å². The van der Waals surface area contributed by atoms with Gasteiger partial charge in [0, 0.05) is 35.6 Å². The zero-order chi connectivity index (χ0) is 14.5. The molecule has 2 aromatic rings. The van der Waals surface area contributed by atoms with Crippen LogP contribution in [0.5, 0.6) is 0 Å². The summed E-state index contributed by atoms with van der Waals surface area (Å²) >= 11 is 6.14. The average molecular weight is 290 g/mol. The van der Waals surface area contributed by atoms with Crippen molar-refractivity contribution in [3.05, 3.63) is 64.4 Å². The lowest BCUT2D eigenvalue weighted by Crippen LogP contribution is -2.18. The van der Waals surface area contributed by atoms with E-state index in [0.29, 0.717) is 17.1 Å². The van der Waals surface area contributed by atoms with Crippen LogP contribution in [0.25, 0.3) is 0 Å². The molecular weight excluding hydrogens is 274 g/mol. The van der Waals surface area contributed by atoms with Crippen molar-refractivity contribution in [2.75, 3.05) is 0 Å². The Balaban J connectivity index is 2.02. The summed E-state index contributed by atoms with van der Waals surface area (Å²) in [6.45, 7) is 2.66. The van der Waals surface area contributed by atoms with Crippen LogP contribution in [0.4, 0.5) is 0 Å². The number of hydrogen-bond donors (Lipinski definition) is 2. The maximum atomic E-state index is 11.1. The highest BCUT2D eigenvalue weighted by Crippen LogP contribution is 2.19. The zero-order valence-electron chi connectivity index (χ0n) is 11.1. The van der Waals surface area contributed by atoms with Crippen LogP contribution in [0.15, 0.2) is 42.7 Å². The summed E-state index contributed by atoms with van der Waals surface area (Å²) in [4.78, 5) is 15.1. The minimum absolute atomic E-state index is 0.163. The molecule has 5 heteroatoms. The highest BCUT2D eigenvalue weighted by atomic mass is 35.5. The molecule has 1 heterocycles. The van der Waals surface area contributed by atoms with Crippen molar-refractivity contribution < 1.29 is 4.79 Å². The van der Waals surface area contributed by atoms with Crippen LogP contribution >= 0.6 is 11.6 Å².